The van der Waals surface area contributed by atoms with Crippen LogP contribution in [0.4, 0.5) is 48.6 Å². The molecule has 0 aliphatic carbocycles. The summed E-state index contributed by atoms with van der Waals surface area (Å²) in [4.78, 5) is 0. The highest BCUT2D eigenvalue weighted by atomic mass is 19.4. The Morgan fingerprint density at radius 2 is 1.00 bits per heavy atom. The average molecular weight is 282 g/mol. The van der Waals surface area contributed by atoms with E-state index in [4.69, 9.17) is 0 Å². The van der Waals surface area contributed by atoms with Gasteiger partial charge in [0.05, 0.1) is 0 Å². The molecule has 0 unspecified atom stereocenters. The molecule has 0 saturated heterocycles. The highest BCUT2D eigenvalue weighted by molar-refractivity contribution is 5.26. The summed E-state index contributed by atoms with van der Waals surface area (Å²) in [6.07, 6.45) is -10.1. The molecule has 0 atom stereocenters. The van der Waals surface area contributed by atoms with E-state index in [2.05, 4.69) is 0 Å². The summed E-state index contributed by atoms with van der Waals surface area (Å²) in [5, 5.41) is 0. The van der Waals surface area contributed by atoms with E-state index in [1.54, 1.807) is 0 Å². The monoisotopic (exact) mass is 282 g/mol. The van der Waals surface area contributed by atoms with E-state index in [1.165, 1.54) is 0 Å². The third-order valence-corrected chi connectivity index (χ3v) is 1.18. The Labute approximate surface area is 85.6 Å². The van der Waals surface area contributed by atoms with E-state index < -0.39 is 35.7 Å². The summed E-state index contributed by atoms with van der Waals surface area (Å²) in [6.45, 7) is 0. The Morgan fingerprint density at radius 3 is 1.24 bits per heavy atom. The molecular formula is C6HF11. The highest BCUT2D eigenvalue weighted by Gasteiger charge is 2.62. The van der Waals surface area contributed by atoms with Crippen LogP contribution in [-0.2, 0) is 0 Å². The molecule has 0 spiro atoms. The SMILES string of the molecule is F.FC(F)=C(F)C(F)=C(F)C(F)(F)C(F)(F)F. The second-order valence-electron chi connectivity index (χ2n) is 2.27. The molecule has 0 aromatic carbocycles. The van der Waals surface area contributed by atoms with Gasteiger partial charge in [-0.05, 0) is 0 Å². The molecule has 0 nitrogen and oxygen atoms in total. The van der Waals surface area contributed by atoms with Crippen molar-refractivity contribution in [3.63, 3.8) is 0 Å². The lowest BCUT2D eigenvalue weighted by atomic mass is 10.2. The van der Waals surface area contributed by atoms with E-state index in [-0.39, 0.29) is 4.70 Å². The Balaban J connectivity index is 0. The van der Waals surface area contributed by atoms with Gasteiger partial charge in [0.25, 0.3) is 0 Å². The molecule has 0 aliphatic rings. The zero-order valence-electron chi connectivity index (χ0n) is 7.19. The molecule has 0 aromatic rings. The molecule has 0 bridgehead atoms. The maximum absolute atomic E-state index is 12.1. The molecule has 0 radical (unpaired) electrons. The predicted octanol–water partition coefficient (Wildman–Crippen LogP) is 4.56. The van der Waals surface area contributed by atoms with Gasteiger partial charge >= 0.3 is 18.2 Å². The molecule has 0 fully saturated rings. The van der Waals surface area contributed by atoms with Gasteiger partial charge in [-0.25, -0.2) is 8.78 Å². The summed E-state index contributed by atoms with van der Waals surface area (Å²) < 4.78 is 117. The van der Waals surface area contributed by atoms with Crippen molar-refractivity contribution in [2.75, 3.05) is 0 Å². The first kappa shape index (κ1) is 18.1. The third kappa shape index (κ3) is 3.60. The minimum atomic E-state index is -6.57. The minimum absolute atomic E-state index is 0. The van der Waals surface area contributed by atoms with E-state index in [1.807, 2.05) is 0 Å². The first-order chi connectivity index (χ1) is 6.93. The molecule has 0 saturated carbocycles. The van der Waals surface area contributed by atoms with Gasteiger partial charge in [0.15, 0.2) is 0 Å². The van der Waals surface area contributed by atoms with Crippen LogP contribution in [0.25, 0.3) is 0 Å². The van der Waals surface area contributed by atoms with Gasteiger partial charge in [0, 0.05) is 0 Å². The summed E-state index contributed by atoms with van der Waals surface area (Å²) >= 11 is 0. The second kappa shape index (κ2) is 5.36. The Morgan fingerprint density at radius 1 is 0.647 bits per heavy atom. The smallest absolute Gasteiger partial charge is 0.269 e. The molecule has 11 heteroatoms. The molecular weight excluding hydrogens is 281 g/mol. The number of hydrogen-bond acceptors (Lipinski definition) is 0. The first-order valence-electron chi connectivity index (χ1n) is 3.14. The standard InChI is InChI=1S/C6F10.FH/c7-1(2(8)4(10)11)3(9)5(12,13)6(14,15)16;/h;1H. The number of allylic oxidation sites excluding steroid dienone is 3. The van der Waals surface area contributed by atoms with Crippen molar-refractivity contribution in [1.29, 1.82) is 0 Å². The van der Waals surface area contributed by atoms with Crippen molar-refractivity contribution in [2.24, 2.45) is 0 Å². The number of alkyl halides is 5. The number of rotatable bonds is 2. The molecule has 17 heavy (non-hydrogen) atoms. The van der Waals surface area contributed by atoms with Crippen LogP contribution in [0.3, 0.4) is 0 Å². The topological polar surface area (TPSA) is 0 Å². The third-order valence-electron chi connectivity index (χ3n) is 1.18. The van der Waals surface area contributed by atoms with Crippen molar-refractivity contribution in [2.45, 2.75) is 12.1 Å². The summed E-state index contributed by atoms with van der Waals surface area (Å²) in [6, 6.07) is 0. The molecule has 0 heterocycles. The normalized spacial score (nSPS) is 13.8. The molecule has 0 N–H and O–H groups in total. The lowest BCUT2D eigenvalue weighted by Crippen LogP contribution is -2.37. The van der Waals surface area contributed by atoms with Crippen molar-refractivity contribution in [3.8, 4) is 0 Å². The zero-order chi connectivity index (χ0) is 13.3. The van der Waals surface area contributed by atoms with Gasteiger partial charge in [-0.3, -0.25) is 4.70 Å². The van der Waals surface area contributed by atoms with Gasteiger partial charge in [0.2, 0.25) is 17.5 Å². The lowest BCUT2D eigenvalue weighted by molar-refractivity contribution is -0.271. The number of hydrogen-bond donors (Lipinski definition) is 0. The van der Waals surface area contributed by atoms with Gasteiger partial charge in [-0.1, -0.05) is 0 Å². The fourth-order valence-electron chi connectivity index (χ4n) is 0.442. The van der Waals surface area contributed by atoms with Crippen LogP contribution in [-0.4, -0.2) is 12.1 Å². The van der Waals surface area contributed by atoms with Crippen LogP contribution in [0.15, 0.2) is 23.6 Å². The molecule has 0 amide bonds. The molecule has 0 rings (SSSR count). The molecule has 0 aromatic heterocycles. The number of halogens is 11. The van der Waals surface area contributed by atoms with Crippen molar-refractivity contribution in [3.05, 3.63) is 23.6 Å². The highest BCUT2D eigenvalue weighted by Crippen LogP contribution is 2.44. The summed E-state index contributed by atoms with van der Waals surface area (Å²) in [7, 11) is 0. The predicted molar refractivity (Wildman–Crippen MR) is 33.1 cm³/mol. The van der Waals surface area contributed by atoms with Crippen LogP contribution in [0.2, 0.25) is 0 Å². The van der Waals surface area contributed by atoms with Gasteiger partial charge in [-0.2, -0.15) is 35.1 Å². The van der Waals surface area contributed by atoms with Crippen LogP contribution in [0.5, 0.6) is 0 Å². The summed E-state index contributed by atoms with van der Waals surface area (Å²) in [5.74, 6) is -17.4. The zero-order valence-corrected chi connectivity index (χ0v) is 7.19. The van der Waals surface area contributed by atoms with Gasteiger partial charge < -0.3 is 0 Å². The van der Waals surface area contributed by atoms with Crippen LogP contribution in [0, 0.1) is 0 Å². The van der Waals surface area contributed by atoms with E-state index in [0.29, 0.717) is 0 Å². The lowest BCUT2D eigenvalue weighted by Gasteiger charge is -2.17. The molecule has 0 aliphatic heterocycles. The van der Waals surface area contributed by atoms with Crippen LogP contribution in [0.1, 0.15) is 0 Å². The summed E-state index contributed by atoms with van der Waals surface area (Å²) in [5.41, 5.74) is 0. The van der Waals surface area contributed by atoms with Crippen molar-refractivity contribution < 1.29 is 48.6 Å². The van der Waals surface area contributed by atoms with Gasteiger partial charge in [0.1, 0.15) is 0 Å². The van der Waals surface area contributed by atoms with E-state index in [9.17, 15) is 43.9 Å². The Kier molecular flexibility index (Phi) is 5.70. The largest absolute Gasteiger partial charge is 0.460 e. The maximum Gasteiger partial charge on any atom is 0.460 e. The second-order valence-corrected chi connectivity index (χ2v) is 2.27. The fourth-order valence-corrected chi connectivity index (χ4v) is 0.442. The van der Waals surface area contributed by atoms with E-state index >= 15 is 0 Å². The van der Waals surface area contributed by atoms with Crippen molar-refractivity contribution in [1.82, 2.24) is 0 Å². The first-order valence-corrected chi connectivity index (χ1v) is 3.14. The minimum Gasteiger partial charge on any atom is -0.269 e. The Hall–Kier alpha value is -1.29. The Bertz CT molecular complexity index is 328. The molecule has 102 valence electrons. The van der Waals surface area contributed by atoms with Crippen LogP contribution < -0.4 is 0 Å². The van der Waals surface area contributed by atoms with Crippen LogP contribution >= 0.6 is 0 Å². The van der Waals surface area contributed by atoms with Gasteiger partial charge in [-0.15, -0.1) is 0 Å². The quantitative estimate of drug-likeness (QED) is 0.514. The van der Waals surface area contributed by atoms with E-state index in [0.717, 1.165) is 0 Å². The van der Waals surface area contributed by atoms with Crippen molar-refractivity contribution >= 4 is 0 Å². The fraction of sp³-hybridized carbons (Fsp3) is 0.333. The maximum atomic E-state index is 12.1. The average Bonchev–Trinajstić information content (AvgIpc) is 2.12.